The minimum atomic E-state index is -4.42. The lowest BCUT2D eigenvalue weighted by Crippen LogP contribution is -2.51. The highest BCUT2D eigenvalue weighted by Gasteiger charge is 2.62. The Bertz CT molecular complexity index is 298. The van der Waals surface area contributed by atoms with Crippen molar-refractivity contribution in [2.45, 2.75) is 51.4 Å². The lowest BCUT2D eigenvalue weighted by molar-refractivity contribution is -0.243. The molecule has 89 valence electrons. The molecule has 0 bridgehead atoms. The summed E-state index contributed by atoms with van der Waals surface area (Å²) in [5, 5.41) is 11.2. The van der Waals surface area contributed by atoms with Crippen LogP contribution >= 0.6 is 7.60 Å². The number of hydrogen-bond donors (Lipinski definition) is 2. The van der Waals surface area contributed by atoms with Crippen LogP contribution in [0.5, 0.6) is 0 Å². The first kappa shape index (κ1) is 13.1. The molecule has 0 spiro atoms. The van der Waals surface area contributed by atoms with Crippen molar-refractivity contribution in [1.29, 1.82) is 0 Å². The van der Waals surface area contributed by atoms with E-state index in [9.17, 15) is 19.6 Å². The van der Waals surface area contributed by atoms with Crippen molar-refractivity contribution in [2.24, 2.45) is 5.92 Å². The van der Waals surface area contributed by atoms with E-state index in [-0.39, 0.29) is 12.3 Å². The summed E-state index contributed by atoms with van der Waals surface area (Å²) in [5.41, 5.74) is -0.689. The standard InChI is InChI=1S/C9H19NO4P/c1-7(2)9(15(12,13)14)6-5-8(3,4)10(9)11/h7H,5-6H2,1-4H3,(H2,12,13,14). The van der Waals surface area contributed by atoms with Gasteiger partial charge in [-0.15, -0.1) is 10.3 Å². The van der Waals surface area contributed by atoms with Crippen molar-refractivity contribution in [3.8, 4) is 0 Å². The molecule has 1 rings (SSSR count). The van der Waals surface area contributed by atoms with E-state index in [1.807, 2.05) is 0 Å². The Morgan fingerprint density at radius 3 is 1.87 bits per heavy atom. The van der Waals surface area contributed by atoms with Crippen LogP contribution < -0.4 is 0 Å². The summed E-state index contributed by atoms with van der Waals surface area (Å²) in [4.78, 5) is 18.8. The first-order valence-electron chi connectivity index (χ1n) is 5.09. The molecule has 1 aliphatic rings. The predicted octanol–water partition coefficient (Wildman–Crippen LogP) is 1.74. The molecule has 1 atom stereocenters. The normalized spacial score (nSPS) is 32.5. The van der Waals surface area contributed by atoms with Gasteiger partial charge in [-0.25, -0.2) is 0 Å². The SMILES string of the molecule is CC(C)C1(P(=O)(O)O)CCC(C)(C)N1[O]. The fourth-order valence-electron chi connectivity index (χ4n) is 2.34. The smallest absolute Gasteiger partial charge is 0.323 e. The van der Waals surface area contributed by atoms with Gasteiger partial charge in [0.15, 0.2) is 5.28 Å². The summed E-state index contributed by atoms with van der Waals surface area (Å²) < 4.78 is 11.5. The van der Waals surface area contributed by atoms with Crippen LogP contribution in [0.1, 0.15) is 40.5 Å². The molecule has 0 saturated carbocycles. The lowest BCUT2D eigenvalue weighted by atomic mass is 10.0. The third-order valence-electron chi connectivity index (χ3n) is 3.44. The van der Waals surface area contributed by atoms with E-state index >= 15 is 0 Å². The summed E-state index contributed by atoms with van der Waals surface area (Å²) in [6.45, 7) is 6.82. The summed E-state index contributed by atoms with van der Waals surface area (Å²) >= 11 is 0. The Morgan fingerprint density at radius 2 is 1.73 bits per heavy atom. The number of nitrogens with zero attached hydrogens (tertiary/aromatic N) is 1. The highest BCUT2D eigenvalue weighted by molar-refractivity contribution is 7.53. The molecule has 0 amide bonds. The van der Waals surface area contributed by atoms with Crippen molar-refractivity contribution >= 4 is 7.60 Å². The van der Waals surface area contributed by atoms with Gasteiger partial charge in [-0.05, 0) is 32.6 Å². The average molecular weight is 236 g/mol. The number of hydrogen-bond acceptors (Lipinski definition) is 2. The van der Waals surface area contributed by atoms with Gasteiger partial charge in [-0.2, -0.15) is 0 Å². The molecular formula is C9H19NO4P. The molecule has 0 aromatic heterocycles. The molecular weight excluding hydrogens is 217 g/mol. The van der Waals surface area contributed by atoms with E-state index in [0.717, 1.165) is 0 Å². The zero-order valence-corrected chi connectivity index (χ0v) is 10.5. The predicted molar refractivity (Wildman–Crippen MR) is 55.5 cm³/mol. The minimum Gasteiger partial charge on any atom is -0.323 e. The molecule has 1 heterocycles. The maximum atomic E-state index is 12.1. The molecule has 1 fully saturated rings. The van der Waals surface area contributed by atoms with Crippen molar-refractivity contribution in [3.05, 3.63) is 0 Å². The van der Waals surface area contributed by atoms with Crippen LogP contribution in [-0.2, 0) is 9.77 Å². The summed E-state index contributed by atoms with van der Waals surface area (Å²) in [6, 6.07) is 0. The summed E-state index contributed by atoms with van der Waals surface area (Å²) in [5.74, 6) is -0.363. The zero-order valence-electron chi connectivity index (χ0n) is 9.60. The van der Waals surface area contributed by atoms with Gasteiger partial charge in [0.05, 0.1) is 0 Å². The third-order valence-corrected chi connectivity index (χ3v) is 5.37. The molecule has 0 aliphatic carbocycles. The van der Waals surface area contributed by atoms with Gasteiger partial charge in [-0.3, -0.25) is 4.57 Å². The average Bonchev–Trinajstić information content (AvgIpc) is 2.23. The third kappa shape index (κ3) is 1.77. The van der Waals surface area contributed by atoms with Crippen LogP contribution in [0, 0.1) is 5.92 Å². The van der Waals surface area contributed by atoms with Crippen LogP contribution in [-0.4, -0.2) is 25.7 Å². The summed E-state index contributed by atoms with van der Waals surface area (Å²) in [6.07, 6.45) is 0.769. The second-order valence-electron chi connectivity index (χ2n) is 5.18. The maximum Gasteiger partial charge on any atom is 0.348 e. The Kier molecular flexibility index (Phi) is 3.10. The maximum absolute atomic E-state index is 12.1. The van der Waals surface area contributed by atoms with Crippen LogP contribution in [0.25, 0.3) is 0 Å². The second kappa shape index (κ2) is 3.54. The molecule has 1 saturated heterocycles. The van der Waals surface area contributed by atoms with E-state index < -0.39 is 18.4 Å². The Morgan fingerprint density at radius 1 is 1.27 bits per heavy atom. The van der Waals surface area contributed by atoms with E-state index in [4.69, 9.17) is 0 Å². The highest BCUT2D eigenvalue weighted by Crippen LogP contribution is 2.63. The van der Waals surface area contributed by atoms with Crippen LogP contribution in [0.3, 0.4) is 0 Å². The van der Waals surface area contributed by atoms with Gasteiger partial charge >= 0.3 is 7.60 Å². The first-order chi connectivity index (χ1) is 6.56. The molecule has 1 unspecified atom stereocenters. The van der Waals surface area contributed by atoms with Crippen LogP contribution in [0.15, 0.2) is 0 Å². The van der Waals surface area contributed by atoms with E-state index in [0.29, 0.717) is 11.5 Å². The minimum absolute atomic E-state index is 0.255. The fourth-order valence-corrected chi connectivity index (χ4v) is 3.92. The Labute approximate surface area is 90.2 Å². The number of rotatable bonds is 2. The molecule has 6 heteroatoms. The van der Waals surface area contributed by atoms with Gasteiger partial charge in [-0.1, -0.05) is 13.8 Å². The number of hydroxylamine groups is 2. The molecule has 0 aromatic rings. The Hall–Kier alpha value is 0.0700. The topological polar surface area (TPSA) is 80.7 Å². The van der Waals surface area contributed by atoms with Gasteiger partial charge < -0.3 is 9.79 Å². The van der Waals surface area contributed by atoms with Gasteiger partial charge in [0.1, 0.15) is 0 Å². The largest absolute Gasteiger partial charge is 0.348 e. The summed E-state index contributed by atoms with van der Waals surface area (Å²) in [7, 11) is -4.42. The van der Waals surface area contributed by atoms with Crippen molar-refractivity contribution < 1.29 is 19.6 Å². The monoisotopic (exact) mass is 236 g/mol. The van der Waals surface area contributed by atoms with Crippen LogP contribution in [0.4, 0.5) is 0 Å². The molecule has 5 nitrogen and oxygen atoms in total. The highest BCUT2D eigenvalue weighted by atomic mass is 31.2. The zero-order chi connectivity index (χ0) is 12.1. The Balaban J connectivity index is 3.23. The lowest BCUT2D eigenvalue weighted by Gasteiger charge is -2.40. The van der Waals surface area contributed by atoms with Crippen molar-refractivity contribution in [3.63, 3.8) is 0 Å². The molecule has 1 aliphatic heterocycles. The van der Waals surface area contributed by atoms with Crippen molar-refractivity contribution in [1.82, 2.24) is 5.06 Å². The van der Waals surface area contributed by atoms with Gasteiger partial charge in [0, 0.05) is 5.54 Å². The van der Waals surface area contributed by atoms with Crippen molar-refractivity contribution in [2.75, 3.05) is 0 Å². The first-order valence-corrected chi connectivity index (χ1v) is 6.70. The quantitative estimate of drug-likeness (QED) is 0.715. The molecule has 0 aromatic carbocycles. The van der Waals surface area contributed by atoms with E-state index in [1.54, 1.807) is 27.7 Å². The fraction of sp³-hybridized carbons (Fsp3) is 1.00. The van der Waals surface area contributed by atoms with E-state index in [1.165, 1.54) is 0 Å². The van der Waals surface area contributed by atoms with Gasteiger partial charge in [0.2, 0.25) is 0 Å². The molecule has 1 radical (unpaired) electrons. The second-order valence-corrected chi connectivity index (χ2v) is 7.05. The van der Waals surface area contributed by atoms with Gasteiger partial charge in [0.25, 0.3) is 0 Å². The van der Waals surface area contributed by atoms with Crippen LogP contribution in [0.2, 0.25) is 0 Å². The molecule has 15 heavy (non-hydrogen) atoms. The van der Waals surface area contributed by atoms with E-state index in [2.05, 4.69) is 0 Å². The molecule has 2 N–H and O–H groups in total.